The van der Waals surface area contributed by atoms with Crippen molar-refractivity contribution in [1.82, 2.24) is 19.5 Å². The monoisotopic (exact) mass is 421 g/mol. The third-order valence-corrected chi connectivity index (χ3v) is 5.63. The van der Waals surface area contributed by atoms with Gasteiger partial charge in [0.15, 0.2) is 0 Å². The molecule has 0 saturated carbocycles. The number of hydrogen-bond acceptors (Lipinski definition) is 6. The minimum Gasteiger partial charge on any atom is -0.481 e. The fraction of sp³-hybridized carbons (Fsp3) is 0.391. The van der Waals surface area contributed by atoms with Crippen molar-refractivity contribution in [3.63, 3.8) is 0 Å². The molecule has 3 aromatic heterocycles. The number of carbonyl (C=O) groups is 1. The average molecular weight is 422 g/mol. The van der Waals surface area contributed by atoms with Crippen LogP contribution in [-0.2, 0) is 24.2 Å². The van der Waals surface area contributed by atoms with Crippen LogP contribution < -0.4 is 5.32 Å². The fourth-order valence-corrected chi connectivity index (χ4v) is 3.96. The van der Waals surface area contributed by atoms with Crippen molar-refractivity contribution in [2.75, 3.05) is 11.9 Å². The van der Waals surface area contributed by atoms with Crippen LogP contribution >= 0.6 is 0 Å². The molecule has 1 aliphatic rings. The Labute approximate surface area is 181 Å². The number of aryl methyl sites for hydroxylation is 2. The number of nitrogens with zero attached hydrogens (tertiary/aromatic N) is 4. The summed E-state index contributed by atoms with van der Waals surface area (Å²) in [5, 5.41) is 23.2. The van der Waals surface area contributed by atoms with Gasteiger partial charge in [-0.1, -0.05) is 12.1 Å². The third-order valence-electron chi connectivity index (χ3n) is 5.63. The summed E-state index contributed by atoms with van der Waals surface area (Å²) in [6.07, 6.45) is 9.44. The molecular formula is C23H27N5O3. The van der Waals surface area contributed by atoms with Crippen molar-refractivity contribution < 1.29 is 15.0 Å². The van der Waals surface area contributed by atoms with E-state index in [2.05, 4.69) is 26.3 Å². The Bertz CT molecular complexity index is 1020. The van der Waals surface area contributed by atoms with E-state index in [0.717, 1.165) is 36.5 Å². The van der Waals surface area contributed by atoms with Gasteiger partial charge in [-0.15, -0.1) is 0 Å². The molecule has 3 N–H and O–H groups in total. The smallest absolute Gasteiger partial charge is 0.304 e. The van der Waals surface area contributed by atoms with Gasteiger partial charge in [0.1, 0.15) is 5.82 Å². The number of pyridine rings is 2. The Morgan fingerprint density at radius 2 is 2.19 bits per heavy atom. The SMILES string of the molecule is O=C(O)CC(Cn1cnc(C(O)CCc2ccc3c(n2)NCCC3)c1)c1cccnc1. The Kier molecular flexibility index (Phi) is 6.57. The van der Waals surface area contributed by atoms with Gasteiger partial charge >= 0.3 is 5.97 Å². The van der Waals surface area contributed by atoms with Crippen LogP contribution in [0, 0.1) is 0 Å². The Hall–Kier alpha value is -3.26. The number of carboxylic acids is 1. The molecule has 0 aromatic carbocycles. The van der Waals surface area contributed by atoms with Gasteiger partial charge in [0.25, 0.3) is 0 Å². The van der Waals surface area contributed by atoms with E-state index in [4.69, 9.17) is 0 Å². The van der Waals surface area contributed by atoms with Crippen LogP contribution in [0.4, 0.5) is 5.82 Å². The van der Waals surface area contributed by atoms with E-state index in [9.17, 15) is 15.0 Å². The van der Waals surface area contributed by atoms with Crippen LogP contribution in [0.3, 0.4) is 0 Å². The maximum atomic E-state index is 11.3. The number of aromatic nitrogens is 4. The van der Waals surface area contributed by atoms with Gasteiger partial charge in [-0.2, -0.15) is 0 Å². The molecule has 3 aromatic rings. The zero-order chi connectivity index (χ0) is 21.6. The summed E-state index contributed by atoms with van der Waals surface area (Å²) in [4.78, 5) is 24.4. The van der Waals surface area contributed by atoms with Gasteiger partial charge in [-0.3, -0.25) is 9.78 Å². The van der Waals surface area contributed by atoms with E-state index in [1.165, 1.54) is 5.56 Å². The molecule has 0 bridgehead atoms. The molecule has 1 aliphatic heterocycles. The van der Waals surface area contributed by atoms with Gasteiger partial charge in [0.2, 0.25) is 0 Å². The third kappa shape index (κ3) is 5.46. The summed E-state index contributed by atoms with van der Waals surface area (Å²) in [6, 6.07) is 7.83. The van der Waals surface area contributed by atoms with Crippen LogP contribution in [0.25, 0.3) is 0 Å². The molecule has 0 aliphatic carbocycles. The number of nitrogens with one attached hydrogen (secondary N) is 1. The molecule has 0 amide bonds. The molecule has 4 rings (SSSR count). The molecule has 2 unspecified atom stereocenters. The number of hydrogen-bond donors (Lipinski definition) is 3. The Morgan fingerprint density at radius 3 is 3.00 bits per heavy atom. The second-order valence-electron chi connectivity index (χ2n) is 7.97. The lowest BCUT2D eigenvalue weighted by atomic mass is 9.97. The zero-order valence-electron chi connectivity index (χ0n) is 17.3. The molecule has 8 nitrogen and oxygen atoms in total. The number of carboxylic acid groups (broad SMARTS) is 1. The summed E-state index contributed by atoms with van der Waals surface area (Å²) < 4.78 is 1.83. The molecule has 0 fully saturated rings. The summed E-state index contributed by atoms with van der Waals surface area (Å²) in [7, 11) is 0. The molecule has 4 heterocycles. The van der Waals surface area contributed by atoms with Crippen molar-refractivity contribution >= 4 is 11.8 Å². The fourth-order valence-electron chi connectivity index (χ4n) is 3.96. The molecule has 162 valence electrons. The molecule has 0 radical (unpaired) electrons. The highest BCUT2D eigenvalue weighted by molar-refractivity contribution is 5.68. The molecular weight excluding hydrogens is 394 g/mol. The molecule has 2 atom stereocenters. The Morgan fingerprint density at radius 1 is 1.29 bits per heavy atom. The number of imidazole rings is 1. The molecule has 31 heavy (non-hydrogen) atoms. The number of aliphatic hydroxyl groups is 1. The predicted molar refractivity (Wildman–Crippen MR) is 116 cm³/mol. The minimum atomic E-state index is -0.860. The number of fused-ring (bicyclic) bond motifs is 1. The minimum absolute atomic E-state index is 0.000205. The summed E-state index contributed by atoms with van der Waals surface area (Å²) in [5.74, 6) is -0.124. The van der Waals surface area contributed by atoms with Crippen molar-refractivity contribution in [3.05, 3.63) is 71.7 Å². The first kappa shape index (κ1) is 21.0. The standard InChI is InChI=1S/C23H27N5O3/c29-21(8-7-19-6-5-16-3-2-10-25-23(16)27-19)20-14-28(15-26-20)13-18(11-22(30)31)17-4-1-9-24-12-17/h1,4-6,9,12,14-15,18,21,29H,2-3,7-8,10-11,13H2,(H,25,27)(H,30,31). The highest BCUT2D eigenvalue weighted by Crippen LogP contribution is 2.24. The van der Waals surface area contributed by atoms with Crippen LogP contribution in [0.1, 0.15) is 53.8 Å². The first-order chi connectivity index (χ1) is 15.1. The van der Waals surface area contributed by atoms with Crippen molar-refractivity contribution in [3.8, 4) is 0 Å². The molecule has 0 saturated heterocycles. The van der Waals surface area contributed by atoms with Crippen LogP contribution in [0.15, 0.2) is 49.2 Å². The average Bonchev–Trinajstić information content (AvgIpc) is 3.26. The molecule has 0 spiro atoms. The van der Waals surface area contributed by atoms with Crippen LogP contribution in [0.5, 0.6) is 0 Å². The van der Waals surface area contributed by atoms with E-state index in [-0.39, 0.29) is 12.3 Å². The largest absolute Gasteiger partial charge is 0.481 e. The lowest BCUT2D eigenvalue weighted by Gasteiger charge is -2.17. The summed E-state index contributed by atoms with van der Waals surface area (Å²) in [6.45, 7) is 1.40. The zero-order valence-corrected chi connectivity index (χ0v) is 17.3. The van der Waals surface area contributed by atoms with Gasteiger partial charge in [0, 0.05) is 43.3 Å². The molecule has 8 heteroatoms. The van der Waals surface area contributed by atoms with E-state index in [1.807, 2.05) is 16.7 Å². The van der Waals surface area contributed by atoms with Crippen molar-refractivity contribution in [2.24, 2.45) is 0 Å². The van der Waals surface area contributed by atoms with Gasteiger partial charge in [0.05, 0.1) is 24.5 Å². The van der Waals surface area contributed by atoms with Crippen LogP contribution in [0.2, 0.25) is 0 Å². The highest BCUT2D eigenvalue weighted by atomic mass is 16.4. The van der Waals surface area contributed by atoms with E-state index in [1.54, 1.807) is 31.0 Å². The van der Waals surface area contributed by atoms with Gasteiger partial charge in [-0.25, -0.2) is 9.97 Å². The maximum absolute atomic E-state index is 11.3. The lowest BCUT2D eigenvalue weighted by Crippen LogP contribution is -2.14. The topological polar surface area (TPSA) is 113 Å². The van der Waals surface area contributed by atoms with Crippen LogP contribution in [-0.4, -0.2) is 42.2 Å². The number of anilines is 1. The normalized spacial score (nSPS) is 15.0. The first-order valence-electron chi connectivity index (χ1n) is 10.6. The Balaban J connectivity index is 1.37. The van der Waals surface area contributed by atoms with Gasteiger partial charge < -0.3 is 20.1 Å². The van der Waals surface area contributed by atoms with E-state index in [0.29, 0.717) is 25.1 Å². The van der Waals surface area contributed by atoms with Crippen molar-refractivity contribution in [1.29, 1.82) is 0 Å². The first-order valence-corrected chi connectivity index (χ1v) is 10.6. The van der Waals surface area contributed by atoms with Crippen molar-refractivity contribution in [2.45, 2.75) is 50.7 Å². The van der Waals surface area contributed by atoms with E-state index < -0.39 is 12.1 Å². The second-order valence-corrected chi connectivity index (χ2v) is 7.97. The number of aliphatic carboxylic acids is 1. The van der Waals surface area contributed by atoms with Gasteiger partial charge in [-0.05, 0) is 48.9 Å². The second kappa shape index (κ2) is 9.70. The quantitative estimate of drug-likeness (QED) is 0.487. The maximum Gasteiger partial charge on any atom is 0.304 e. The number of rotatable bonds is 9. The number of aliphatic hydroxyl groups excluding tert-OH is 1. The van der Waals surface area contributed by atoms with E-state index >= 15 is 0 Å². The predicted octanol–water partition coefficient (Wildman–Crippen LogP) is 2.96. The summed E-state index contributed by atoms with van der Waals surface area (Å²) in [5.41, 5.74) is 3.65. The lowest BCUT2D eigenvalue weighted by molar-refractivity contribution is -0.137. The highest BCUT2D eigenvalue weighted by Gasteiger charge is 2.18. The summed E-state index contributed by atoms with van der Waals surface area (Å²) >= 11 is 0.